The molecule has 0 aliphatic heterocycles. The fourth-order valence-electron chi connectivity index (χ4n) is 2.30. The lowest BCUT2D eigenvalue weighted by molar-refractivity contribution is -0.139. The first-order valence-corrected chi connectivity index (χ1v) is 5.58. The van der Waals surface area contributed by atoms with Crippen molar-refractivity contribution in [2.75, 3.05) is 13.7 Å². The average molecular weight is 215 g/mol. The maximum absolute atomic E-state index is 10.6. The van der Waals surface area contributed by atoms with Crippen molar-refractivity contribution in [1.29, 1.82) is 0 Å². The fraction of sp³-hybridized carbons (Fsp3) is 0.909. The lowest BCUT2D eigenvalue weighted by Gasteiger charge is -2.44. The van der Waals surface area contributed by atoms with Crippen LogP contribution < -0.4 is 0 Å². The Bertz CT molecular complexity index is 214. The first-order chi connectivity index (χ1) is 7.08. The zero-order chi connectivity index (χ0) is 11.4. The number of nitrogens with zero attached hydrogens (tertiary/aromatic N) is 1. The molecule has 4 heteroatoms. The predicted molar refractivity (Wildman–Crippen MR) is 57.9 cm³/mol. The van der Waals surface area contributed by atoms with Crippen molar-refractivity contribution in [2.24, 2.45) is 0 Å². The molecule has 1 saturated carbocycles. The van der Waals surface area contributed by atoms with E-state index in [9.17, 15) is 4.79 Å². The van der Waals surface area contributed by atoms with Crippen molar-refractivity contribution in [3.05, 3.63) is 0 Å². The highest BCUT2D eigenvalue weighted by molar-refractivity contribution is 5.67. The highest BCUT2D eigenvalue weighted by Crippen LogP contribution is 2.29. The number of hydrogen-bond acceptors (Lipinski definition) is 3. The summed E-state index contributed by atoms with van der Waals surface area (Å²) in [6, 6.07) is 0.629. The SMILES string of the molecule is CCN(C(C)CC(=O)O)C1CC(OC)C1. The van der Waals surface area contributed by atoms with Gasteiger partial charge in [-0.15, -0.1) is 0 Å². The second-order valence-corrected chi connectivity index (χ2v) is 4.26. The van der Waals surface area contributed by atoms with Gasteiger partial charge in [0, 0.05) is 19.2 Å². The molecule has 88 valence electrons. The summed E-state index contributed by atoms with van der Waals surface area (Å²) in [5.41, 5.74) is 0. The quantitative estimate of drug-likeness (QED) is 0.726. The predicted octanol–water partition coefficient (Wildman–Crippen LogP) is 1.35. The van der Waals surface area contributed by atoms with Gasteiger partial charge in [-0.05, 0) is 26.3 Å². The van der Waals surface area contributed by atoms with Crippen LogP contribution in [-0.4, -0.2) is 47.8 Å². The third-order valence-corrected chi connectivity index (χ3v) is 3.27. The summed E-state index contributed by atoms with van der Waals surface area (Å²) >= 11 is 0. The Kier molecular flexibility index (Phi) is 4.54. The molecule has 1 rings (SSSR count). The van der Waals surface area contributed by atoms with Crippen molar-refractivity contribution in [3.8, 4) is 0 Å². The van der Waals surface area contributed by atoms with Crippen LogP contribution in [0.5, 0.6) is 0 Å². The molecule has 0 amide bonds. The molecule has 0 spiro atoms. The van der Waals surface area contributed by atoms with Crippen LogP contribution in [0.3, 0.4) is 0 Å². The number of aliphatic carboxylic acids is 1. The van der Waals surface area contributed by atoms with E-state index in [4.69, 9.17) is 9.84 Å². The fourth-order valence-corrected chi connectivity index (χ4v) is 2.30. The number of ether oxygens (including phenoxy) is 1. The number of carboxylic acid groups (broad SMARTS) is 1. The molecule has 15 heavy (non-hydrogen) atoms. The molecule has 0 aromatic carbocycles. The maximum atomic E-state index is 10.6. The Hall–Kier alpha value is -0.610. The molecule has 1 unspecified atom stereocenters. The van der Waals surface area contributed by atoms with Crippen LogP contribution in [0.15, 0.2) is 0 Å². The van der Waals surface area contributed by atoms with Gasteiger partial charge in [-0.1, -0.05) is 6.92 Å². The Morgan fingerprint density at radius 3 is 2.60 bits per heavy atom. The lowest BCUT2D eigenvalue weighted by Crippen LogP contribution is -2.51. The van der Waals surface area contributed by atoms with Crippen LogP contribution in [0.4, 0.5) is 0 Å². The minimum absolute atomic E-state index is 0.121. The van der Waals surface area contributed by atoms with E-state index in [0.29, 0.717) is 12.1 Å². The molecule has 1 aliphatic carbocycles. The molecule has 0 aromatic heterocycles. The van der Waals surface area contributed by atoms with Crippen molar-refractivity contribution in [2.45, 2.75) is 51.3 Å². The van der Waals surface area contributed by atoms with Gasteiger partial charge in [0.15, 0.2) is 0 Å². The molecule has 1 N–H and O–H groups in total. The van der Waals surface area contributed by atoms with Crippen LogP contribution in [-0.2, 0) is 9.53 Å². The van der Waals surface area contributed by atoms with Gasteiger partial charge in [-0.2, -0.15) is 0 Å². The van der Waals surface area contributed by atoms with E-state index in [0.717, 1.165) is 19.4 Å². The molecular weight excluding hydrogens is 194 g/mol. The first kappa shape index (κ1) is 12.5. The second-order valence-electron chi connectivity index (χ2n) is 4.26. The third-order valence-electron chi connectivity index (χ3n) is 3.27. The largest absolute Gasteiger partial charge is 0.481 e. The van der Waals surface area contributed by atoms with E-state index in [-0.39, 0.29) is 12.5 Å². The number of hydrogen-bond donors (Lipinski definition) is 1. The van der Waals surface area contributed by atoms with Crippen molar-refractivity contribution < 1.29 is 14.6 Å². The van der Waals surface area contributed by atoms with Crippen LogP contribution in [0, 0.1) is 0 Å². The average Bonchev–Trinajstić information content (AvgIpc) is 2.08. The number of rotatable bonds is 6. The van der Waals surface area contributed by atoms with Gasteiger partial charge in [0.1, 0.15) is 0 Å². The highest BCUT2D eigenvalue weighted by Gasteiger charge is 2.35. The van der Waals surface area contributed by atoms with E-state index < -0.39 is 5.97 Å². The summed E-state index contributed by atoms with van der Waals surface area (Å²) in [6.45, 7) is 4.98. The molecule has 0 heterocycles. The summed E-state index contributed by atoms with van der Waals surface area (Å²) in [5, 5.41) is 8.75. The van der Waals surface area contributed by atoms with Gasteiger partial charge in [-0.25, -0.2) is 0 Å². The van der Waals surface area contributed by atoms with Gasteiger partial charge < -0.3 is 9.84 Å². The van der Waals surface area contributed by atoms with E-state index in [2.05, 4.69) is 11.8 Å². The molecule has 0 radical (unpaired) electrons. The van der Waals surface area contributed by atoms with Crippen LogP contribution in [0.25, 0.3) is 0 Å². The normalized spacial score (nSPS) is 27.5. The van der Waals surface area contributed by atoms with E-state index in [1.165, 1.54) is 0 Å². The third kappa shape index (κ3) is 3.18. The minimum atomic E-state index is -0.719. The molecule has 4 nitrogen and oxygen atoms in total. The Balaban J connectivity index is 2.39. The van der Waals surface area contributed by atoms with Crippen molar-refractivity contribution >= 4 is 5.97 Å². The second kappa shape index (κ2) is 5.47. The van der Waals surface area contributed by atoms with Gasteiger partial charge in [0.25, 0.3) is 0 Å². The Morgan fingerprint density at radius 2 is 2.20 bits per heavy atom. The zero-order valence-electron chi connectivity index (χ0n) is 9.77. The number of methoxy groups -OCH3 is 1. The molecule has 0 saturated heterocycles. The van der Waals surface area contributed by atoms with E-state index in [1.807, 2.05) is 6.92 Å². The number of carboxylic acids is 1. The van der Waals surface area contributed by atoms with E-state index >= 15 is 0 Å². The van der Waals surface area contributed by atoms with Crippen molar-refractivity contribution in [1.82, 2.24) is 4.90 Å². The van der Waals surface area contributed by atoms with Gasteiger partial charge in [-0.3, -0.25) is 9.69 Å². The monoisotopic (exact) mass is 215 g/mol. The summed E-state index contributed by atoms with van der Waals surface area (Å²) in [6.07, 6.45) is 2.67. The van der Waals surface area contributed by atoms with E-state index in [1.54, 1.807) is 7.11 Å². The highest BCUT2D eigenvalue weighted by atomic mass is 16.5. The Labute approximate surface area is 91.2 Å². The molecule has 0 aromatic rings. The van der Waals surface area contributed by atoms with Crippen molar-refractivity contribution in [3.63, 3.8) is 0 Å². The zero-order valence-corrected chi connectivity index (χ0v) is 9.77. The van der Waals surface area contributed by atoms with Crippen LogP contribution in [0.2, 0.25) is 0 Å². The van der Waals surface area contributed by atoms with Gasteiger partial charge in [0.2, 0.25) is 0 Å². The summed E-state index contributed by atoms with van der Waals surface area (Å²) < 4.78 is 5.23. The first-order valence-electron chi connectivity index (χ1n) is 5.58. The standard InChI is InChI=1S/C11H21NO3/c1-4-12(8(2)5-11(13)14)9-6-10(7-9)15-3/h8-10H,4-7H2,1-3H3,(H,13,14). The lowest BCUT2D eigenvalue weighted by atomic mass is 9.86. The molecular formula is C11H21NO3. The molecule has 0 bridgehead atoms. The molecule has 1 atom stereocenters. The Morgan fingerprint density at radius 1 is 1.60 bits per heavy atom. The summed E-state index contributed by atoms with van der Waals surface area (Å²) in [4.78, 5) is 12.9. The van der Waals surface area contributed by atoms with Gasteiger partial charge in [0.05, 0.1) is 12.5 Å². The molecule has 1 aliphatic rings. The number of carbonyl (C=O) groups is 1. The summed E-state index contributed by atoms with van der Waals surface area (Å²) in [7, 11) is 1.73. The topological polar surface area (TPSA) is 49.8 Å². The minimum Gasteiger partial charge on any atom is -0.481 e. The maximum Gasteiger partial charge on any atom is 0.304 e. The molecule has 1 fully saturated rings. The van der Waals surface area contributed by atoms with Crippen LogP contribution >= 0.6 is 0 Å². The van der Waals surface area contributed by atoms with Gasteiger partial charge >= 0.3 is 5.97 Å². The summed E-state index contributed by atoms with van der Waals surface area (Å²) in [5.74, 6) is -0.719. The smallest absolute Gasteiger partial charge is 0.304 e. The van der Waals surface area contributed by atoms with Crippen LogP contribution in [0.1, 0.15) is 33.1 Å².